The van der Waals surface area contributed by atoms with Gasteiger partial charge in [0.05, 0.1) is 6.54 Å². The van der Waals surface area contributed by atoms with Gasteiger partial charge >= 0.3 is 6.18 Å². The largest absolute Gasteiger partial charge is 0.405 e. The predicted molar refractivity (Wildman–Crippen MR) is 70.9 cm³/mol. The first-order chi connectivity index (χ1) is 9.04. The first-order valence-electron chi connectivity index (χ1n) is 5.07. The molecule has 11 heteroatoms. The number of amides is 1. The van der Waals surface area contributed by atoms with Gasteiger partial charge in [0.25, 0.3) is 10.0 Å². The molecule has 5 nitrogen and oxygen atoms in total. The van der Waals surface area contributed by atoms with Gasteiger partial charge in [-0.3, -0.25) is 4.79 Å². The zero-order chi connectivity index (χ0) is 15.6. The van der Waals surface area contributed by atoms with Gasteiger partial charge in [-0.05, 0) is 27.4 Å². The minimum atomic E-state index is -4.54. The molecule has 0 saturated heterocycles. The van der Waals surface area contributed by atoms with E-state index in [2.05, 4.69) is 15.9 Å². The highest BCUT2D eigenvalue weighted by Gasteiger charge is 2.30. The predicted octanol–water partition coefficient (Wildman–Crippen LogP) is 1.81. The van der Waals surface area contributed by atoms with Gasteiger partial charge in [-0.15, -0.1) is 11.3 Å². The zero-order valence-electron chi connectivity index (χ0n) is 10.1. The summed E-state index contributed by atoms with van der Waals surface area (Å²) in [6.45, 7) is -2.19. The van der Waals surface area contributed by atoms with Crippen molar-refractivity contribution in [3.8, 4) is 0 Å². The molecule has 0 unspecified atom stereocenters. The number of hydrogen-bond acceptors (Lipinski definition) is 4. The minimum Gasteiger partial charge on any atom is -0.346 e. The lowest BCUT2D eigenvalue weighted by Crippen LogP contribution is -2.41. The highest BCUT2D eigenvalue weighted by molar-refractivity contribution is 9.10. The Morgan fingerprint density at radius 2 is 2.10 bits per heavy atom. The number of nitrogens with zero attached hydrogens (tertiary/aromatic N) is 1. The van der Waals surface area contributed by atoms with Crippen molar-refractivity contribution >= 4 is 43.2 Å². The second-order valence-electron chi connectivity index (χ2n) is 3.71. The molecule has 114 valence electrons. The lowest BCUT2D eigenvalue weighted by molar-refractivity contribution is -0.138. The number of hydrogen-bond donors (Lipinski definition) is 1. The van der Waals surface area contributed by atoms with Gasteiger partial charge in [0.15, 0.2) is 0 Å². The van der Waals surface area contributed by atoms with Crippen LogP contribution in [0.5, 0.6) is 0 Å². The molecule has 0 radical (unpaired) electrons. The van der Waals surface area contributed by atoms with Crippen LogP contribution in [0, 0.1) is 0 Å². The number of carbonyl (C=O) groups excluding carboxylic acids is 1. The monoisotopic (exact) mass is 394 g/mol. The maximum atomic E-state index is 12.1. The summed E-state index contributed by atoms with van der Waals surface area (Å²) in [7, 11) is -2.79. The first-order valence-corrected chi connectivity index (χ1v) is 8.18. The Bertz CT molecular complexity index is 586. The molecule has 1 N–H and O–H groups in total. The summed E-state index contributed by atoms with van der Waals surface area (Å²) in [5.74, 6) is -1.03. The Morgan fingerprint density at radius 1 is 1.50 bits per heavy atom. The highest BCUT2D eigenvalue weighted by Crippen LogP contribution is 2.29. The van der Waals surface area contributed by atoms with Crippen molar-refractivity contribution in [3.63, 3.8) is 0 Å². The maximum Gasteiger partial charge on any atom is 0.405 e. The normalized spacial score (nSPS) is 12.7. The average molecular weight is 395 g/mol. The molecule has 0 bridgehead atoms. The Morgan fingerprint density at radius 3 is 2.55 bits per heavy atom. The van der Waals surface area contributed by atoms with Crippen LogP contribution in [-0.2, 0) is 14.8 Å². The molecule has 0 spiro atoms. The van der Waals surface area contributed by atoms with Crippen molar-refractivity contribution in [1.82, 2.24) is 9.62 Å². The van der Waals surface area contributed by atoms with Gasteiger partial charge < -0.3 is 5.32 Å². The minimum absolute atomic E-state index is 0.0105. The molecule has 0 saturated carbocycles. The average Bonchev–Trinajstić information content (AvgIpc) is 2.72. The van der Waals surface area contributed by atoms with Crippen LogP contribution in [0.2, 0.25) is 0 Å². The highest BCUT2D eigenvalue weighted by atomic mass is 79.9. The van der Waals surface area contributed by atoms with E-state index >= 15 is 0 Å². The third-order valence-electron chi connectivity index (χ3n) is 2.08. The van der Waals surface area contributed by atoms with Crippen molar-refractivity contribution in [2.45, 2.75) is 10.4 Å². The molecule has 1 aromatic heterocycles. The maximum absolute atomic E-state index is 12.1. The molecule has 1 amide bonds. The van der Waals surface area contributed by atoms with E-state index in [9.17, 15) is 26.4 Å². The standard InChI is InChI=1S/C9H10BrF3N2O3S2/c1-15(4-7(16)14-5-9(11,12)13)20(17,18)8-6(10)2-3-19-8/h2-3H,4-5H2,1H3,(H,14,16). The van der Waals surface area contributed by atoms with Gasteiger partial charge in [0.1, 0.15) is 10.8 Å². The molecule has 0 atom stereocenters. The van der Waals surface area contributed by atoms with Gasteiger partial charge in [-0.1, -0.05) is 0 Å². The fraction of sp³-hybridized carbons (Fsp3) is 0.444. The van der Waals surface area contributed by atoms with Crippen LogP contribution < -0.4 is 5.32 Å². The molecule has 1 rings (SSSR count). The number of halogens is 4. The molecular formula is C9H10BrF3N2O3S2. The second-order valence-corrected chi connectivity index (χ2v) is 7.72. The number of nitrogens with one attached hydrogen (secondary N) is 1. The van der Waals surface area contributed by atoms with E-state index in [1.54, 1.807) is 5.32 Å². The molecule has 0 aliphatic heterocycles. The van der Waals surface area contributed by atoms with Crippen molar-refractivity contribution < 1.29 is 26.4 Å². The number of thiophene rings is 1. The van der Waals surface area contributed by atoms with Crippen LogP contribution in [0.25, 0.3) is 0 Å². The van der Waals surface area contributed by atoms with E-state index in [4.69, 9.17) is 0 Å². The zero-order valence-corrected chi connectivity index (χ0v) is 13.3. The molecule has 1 aromatic rings. The third-order valence-corrected chi connectivity index (χ3v) is 6.53. The summed E-state index contributed by atoms with van der Waals surface area (Å²) in [6, 6.07) is 1.52. The van der Waals surface area contributed by atoms with Gasteiger partial charge in [0, 0.05) is 11.5 Å². The van der Waals surface area contributed by atoms with Crippen molar-refractivity contribution in [1.29, 1.82) is 0 Å². The molecule has 0 aliphatic rings. The van der Waals surface area contributed by atoms with Crippen LogP contribution in [0.3, 0.4) is 0 Å². The molecule has 1 heterocycles. The van der Waals surface area contributed by atoms with Gasteiger partial charge in [-0.2, -0.15) is 17.5 Å². The topological polar surface area (TPSA) is 66.5 Å². The fourth-order valence-electron chi connectivity index (χ4n) is 1.15. The Balaban J connectivity index is 2.69. The summed E-state index contributed by atoms with van der Waals surface area (Å²) < 4.78 is 60.9. The van der Waals surface area contributed by atoms with Crippen LogP contribution in [0.15, 0.2) is 20.1 Å². The molecule has 20 heavy (non-hydrogen) atoms. The number of rotatable bonds is 5. The van der Waals surface area contributed by atoms with Crippen molar-refractivity contribution in [2.24, 2.45) is 0 Å². The number of sulfonamides is 1. The van der Waals surface area contributed by atoms with Crippen LogP contribution in [0.1, 0.15) is 0 Å². The lowest BCUT2D eigenvalue weighted by Gasteiger charge is -2.16. The lowest BCUT2D eigenvalue weighted by atomic mass is 10.5. The van der Waals surface area contributed by atoms with E-state index in [0.29, 0.717) is 8.78 Å². The SMILES string of the molecule is CN(CC(=O)NCC(F)(F)F)S(=O)(=O)c1sccc1Br. The van der Waals surface area contributed by atoms with Crippen LogP contribution in [0.4, 0.5) is 13.2 Å². The first kappa shape index (κ1) is 17.4. The van der Waals surface area contributed by atoms with E-state index < -0.39 is 35.2 Å². The summed E-state index contributed by atoms with van der Waals surface area (Å²) >= 11 is 3.99. The van der Waals surface area contributed by atoms with E-state index in [0.717, 1.165) is 18.4 Å². The Hall–Kier alpha value is -0.650. The van der Waals surface area contributed by atoms with Gasteiger partial charge in [0.2, 0.25) is 5.91 Å². The van der Waals surface area contributed by atoms with E-state index in [-0.39, 0.29) is 4.21 Å². The molecular weight excluding hydrogens is 385 g/mol. The van der Waals surface area contributed by atoms with Crippen molar-refractivity contribution in [2.75, 3.05) is 20.1 Å². The number of likely N-dealkylation sites (N-methyl/N-ethyl adjacent to an activating group) is 1. The number of alkyl halides is 3. The number of carbonyl (C=O) groups is 1. The van der Waals surface area contributed by atoms with Crippen molar-refractivity contribution in [3.05, 3.63) is 15.9 Å². The molecule has 0 fully saturated rings. The summed E-state index contributed by atoms with van der Waals surface area (Å²) in [5.41, 5.74) is 0. The van der Waals surface area contributed by atoms with E-state index in [1.165, 1.54) is 11.4 Å². The van der Waals surface area contributed by atoms with Gasteiger partial charge in [-0.25, -0.2) is 8.42 Å². The quantitative estimate of drug-likeness (QED) is 0.827. The Labute approximate surface area is 125 Å². The Kier molecular flexibility index (Phi) is 5.58. The second kappa shape index (κ2) is 6.41. The summed E-state index contributed by atoms with van der Waals surface area (Å²) in [6.07, 6.45) is -4.54. The van der Waals surface area contributed by atoms with E-state index in [1.807, 2.05) is 0 Å². The smallest absolute Gasteiger partial charge is 0.346 e. The fourth-order valence-corrected chi connectivity index (χ4v) is 4.78. The molecule has 0 aromatic carbocycles. The van der Waals surface area contributed by atoms with Crippen LogP contribution >= 0.6 is 27.3 Å². The third kappa shape index (κ3) is 4.72. The summed E-state index contributed by atoms with van der Waals surface area (Å²) in [5, 5.41) is 3.14. The molecule has 0 aliphatic carbocycles. The summed E-state index contributed by atoms with van der Waals surface area (Å²) in [4.78, 5) is 11.3. The van der Waals surface area contributed by atoms with Crippen LogP contribution in [-0.4, -0.2) is 44.9 Å².